The predicted octanol–water partition coefficient (Wildman–Crippen LogP) is 0.784. The molecule has 0 aliphatic heterocycles. The van der Waals surface area contributed by atoms with Gasteiger partial charge in [-0.1, -0.05) is 6.08 Å². The number of imidazole rings is 1. The highest BCUT2D eigenvalue weighted by molar-refractivity contribution is 7.14. The van der Waals surface area contributed by atoms with E-state index < -0.39 is 0 Å². The average molecular weight is 182 g/mol. The zero-order valence-electron chi connectivity index (χ0n) is 6.95. The molecule has 0 fully saturated rings. The monoisotopic (exact) mass is 182 g/mol. The van der Waals surface area contributed by atoms with Crippen molar-refractivity contribution in [2.24, 2.45) is 7.05 Å². The number of hydrogen-bond donors (Lipinski definition) is 0. The molecular weight excluding hydrogens is 171 g/mol. The summed E-state index contributed by atoms with van der Waals surface area (Å²) in [6.45, 7) is 0. The average Bonchev–Trinajstić information content (AvgIpc) is 2.33. The molecule has 1 atom stereocenters. The summed E-state index contributed by atoms with van der Waals surface area (Å²) in [7, 11) is 4.26. The number of fused-ring (bicyclic) bond motifs is 1. The lowest BCUT2D eigenvalue weighted by Crippen LogP contribution is -2.17. The molecule has 2 rings (SSSR count). The summed E-state index contributed by atoms with van der Waals surface area (Å²) in [6.07, 6.45) is 6.11. The first kappa shape index (κ1) is 7.81. The molecule has 4 heteroatoms. The van der Waals surface area contributed by atoms with E-state index in [1.54, 1.807) is 16.0 Å². The van der Waals surface area contributed by atoms with Gasteiger partial charge in [-0.2, -0.15) is 0 Å². The van der Waals surface area contributed by atoms with Crippen molar-refractivity contribution >= 4 is 15.5 Å². The number of nitrogens with zero attached hydrogens (tertiary/aromatic N) is 2. The molecule has 0 spiro atoms. The third-order valence-electron chi connectivity index (χ3n) is 2.26. The van der Waals surface area contributed by atoms with Crippen molar-refractivity contribution in [2.45, 2.75) is 12.8 Å². The standard InChI is InChI=1S/C8H11N2OP/c1-9-6-4-2-3-5-7(6)10(12)8(9)11/h2,4H,3,5,12H2,1H3. The number of rotatable bonds is 0. The Labute approximate surface area is 73.0 Å². The lowest BCUT2D eigenvalue weighted by Gasteiger charge is -2.06. The third-order valence-corrected chi connectivity index (χ3v) is 2.80. The van der Waals surface area contributed by atoms with Gasteiger partial charge in [0.05, 0.1) is 5.69 Å². The van der Waals surface area contributed by atoms with Crippen LogP contribution >= 0.6 is 9.39 Å². The predicted molar refractivity (Wildman–Crippen MR) is 52.1 cm³/mol. The second-order valence-corrected chi connectivity index (χ2v) is 3.50. The Bertz CT molecular complexity index is 400. The van der Waals surface area contributed by atoms with Crippen molar-refractivity contribution in [1.82, 2.24) is 8.90 Å². The van der Waals surface area contributed by atoms with Crippen LogP contribution in [-0.2, 0) is 13.5 Å². The van der Waals surface area contributed by atoms with Gasteiger partial charge in [-0.25, -0.2) is 4.79 Å². The van der Waals surface area contributed by atoms with E-state index in [9.17, 15) is 4.79 Å². The molecule has 0 aromatic carbocycles. The first-order valence-electron chi connectivity index (χ1n) is 3.94. The number of hydrogen-bond acceptors (Lipinski definition) is 1. The molecule has 0 saturated heterocycles. The van der Waals surface area contributed by atoms with Crippen LogP contribution < -0.4 is 5.69 Å². The molecule has 12 heavy (non-hydrogen) atoms. The molecule has 1 aromatic rings. The summed E-state index contributed by atoms with van der Waals surface area (Å²) >= 11 is 0. The van der Waals surface area contributed by atoms with Crippen molar-refractivity contribution in [3.8, 4) is 0 Å². The molecule has 0 saturated carbocycles. The van der Waals surface area contributed by atoms with Crippen LogP contribution in [0.5, 0.6) is 0 Å². The van der Waals surface area contributed by atoms with Crippen molar-refractivity contribution in [3.05, 3.63) is 27.9 Å². The molecular formula is C8H11N2OP. The summed E-state index contributed by atoms with van der Waals surface area (Å²) in [4.78, 5) is 11.4. The van der Waals surface area contributed by atoms with Crippen LogP contribution in [0.4, 0.5) is 0 Å². The van der Waals surface area contributed by atoms with Gasteiger partial charge in [0.1, 0.15) is 0 Å². The molecule has 0 radical (unpaired) electrons. The van der Waals surface area contributed by atoms with Gasteiger partial charge < -0.3 is 0 Å². The summed E-state index contributed by atoms with van der Waals surface area (Å²) in [6, 6.07) is 0. The minimum atomic E-state index is 0.0385. The summed E-state index contributed by atoms with van der Waals surface area (Å²) in [5.74, 6) is 0. The van der Waals surface area contributed by atoms with Gasteiger partial charge in [0, 0.05) is 12.7 Å². The third kappa shape index (κ3) is 0.896. The first-order valence-corrected chi connectivity index (χ1v) is 4.45. The van der Waals surface area contributed by atoms with E-state index in [-0.39, 0.29) is 5.69 Å². The van der Waals surface area contributed by atoms with E-state index in [0.717, 1.165) is 24.2 Å². The molecule has 1 aliphatic rings. The number of allylic oxidation sites excluding steroid dienone is 1. The zero-order chi connectivity index (χ0) is 8.72. The second kappa shape index (κ2) is 2.60. The van der Waals surface area contributed by atoms with Crippen LogP contribution in [0.1, 0.15) is 17.8 Å². The fourth-order valence-electron chi connectivity index (χ4n) is 1.57. The van der Waals surface area contributed by atoms with Crippen molar-refractivity contribution in [1.29, 1.82) is 0 Å². The van der Waals surface area contributed by atoms with Crippen LogP contribution in [0.3, 0.4) is 0 Å². The highest BCUT2D eigenvalue weighted by Gasteiger charge is 2.14. The Balaban J connectivity index is 2.79. The fraction of sp³-hybridized carbons (Fsp3) is 0.375. The Kier molecular flexibility index (Phi) is 1.69. The van der Waals surface area contributed by atoms with Gasteiger partial charge in [-0.15, -0.1) is 0 Å². The van der Waals surface area contributed by atoms with Gasteiger partial charge >= 0.3 is 5.69 Å². The van der Waals surface area contributed by atoms with E-state index in [0.29, 0.717) is 0 Å². The quantitative estimate of drug-likeness (QED) is 0.545. The Morgan fingerprint density at radius 2 is 2.33 bits per heavy atom. The Hall–Kier alpha value is -0.820. The van der Waals surface area contributed by atoms with Crippen LogP contribution in [-0.4, -0.2) is 8.90 Å². The Morgan fingerprint density at radius 3 is 3.00 bits per heavy atom. The molecule has 0 N–H and O–H groups in total. The molecule has 64 valence electrons. The molecule has 3 nitrogen and oxygen atoms in total. The minimum Gasteiger partial charge on any atom is -0.295 e. The zero-order valence-corrected chi connectivity index (χ0v) is 8.10. The van der Waals surface area contributed by atoms with E-state index in [4.69, 9.17) is 0 Å². The molecule has 1 aromatic heterocycles. The van der Waals surface area contributed by atoms with Gasteiger partial charge in [0.25, 0.3) is 0 Å². The van der Waals surface area contributed by atoms with E-state index >= 15 is 0 Å². The van der Waals surface area contributed by atoms with Crippen LogP contribution in [0.15, 0.2) is 10.9 Å². The summed E-state index contributed by atoms with van der Waals surface area (Å²) in [5, 5.41) is 0. The van der Waals surface area contributed by atoms with E-state index in [2.05, 4.69) is 15.5 Å². The van der Waals surface area contributed by atoms with Crippen molar-refractivity contribution < 1.29 is 0 Å². The molecule has 1 aliphatic carbocycles. The molecule has 0 bridgehead atoms. The topological polar surface area (TPSA) is 26.9 Å². The maximum atomic E-state index is 11.4. The normalized spacial score (nSPS) is 14.8. The van der Waals surface area contributed by atoms with Crippen LogP contribution in [0.25, 0.3) is 6.08 Å². The van der Waals surface area contributed by atoms with Crippen molar-refractivity contribution in [2.75, 3.05) is 0 Å². The lowest BCUT2D eigenvalue weighted by molar-refractivity contribution is 0.843. The highest BCUT2D eigenvalue weighted by Crippen LogP contribution is 2.18. The second-order valence-electron chi connectivity index (χ2n) is 2.98. The van der Waals surface area contributed by atoms with E-state index in [1.165, 1.54) is 0 Å². The van der Waals surface area contributed by atoms with Crippen molar-refractivity contribution in [3.63, 3.8) is 0 Å². The molecule has 0 amide bonds. The maximum absolute atomic E-state index is 11.4. The van der Waals surface area contributed by atoms with E-state index in [1.807, 2.05) is 6.08 Å². The number of aromatic nitrogens is 2. The summed E-state index contributed by atoms with van der Waals surface area (Å²) in [5.41, 5.74) is 2.20. The molecule has 1 unspecified atom stereocenters. The van der Waals surface area contributed by atoms with Crippen LogP contribution in [0, 0.1) is 0 Å². The summed E-state index contributed by atoms with van der Waals surface area (Å²) < 4.78 is 3.33. The van der Waals surface area contributed by atoms with Gasteiger partial charge in [0.15, 0.2) is 0 Å². The molecule has 1 heterocycles. The fourth-order valence-corrected chi connectivity index (χ4v) is 2.00. The first-order chi connectivity index (χ1) is 5.72. The largest absolute Gasteiger partial charge is 0.331 e. The van der Waals surface area contributed by atoms with Crippen LogP contribution in [0.2, 0.25) is 0 Å². The maximum Gasteiger partial charge on any atom is 0.331 e. The lowest BCUT2D eigenvalue weighted by atomic mass is 10.1. The van der Waals surface area contributed by atoms with Gasteiger partial charge in [-0.05, 0) is 28.3 Å². The van der Waals surface area contributed by atoms with Gasteiger partial charge in [0.2, 0.25) is 0 Å². The Morgan fingerprint density at radius 1 is 1.58 bits per heavy atom. The SMILES string of the molecule is Cn1c2c(n(P)c1=O)CCC=C2. The minimum absolute atomic E-state index is 0.0385. The van der Waals surface area contributed by atoms with Gasteiger partial charge in [-0.3, -0.25) is 8.90 Å². The highest BCUT2D eigenvalue weighted by atomic mass is 31.0. The smallest absolute Gasteiger partial charge is 0.295 e.